The van der Waals surface area contributed by atoms with E-state index in [1.54, 1.807) is 11.3 Å². The third-order valence-corrected chi connectivity index (χ3v) is 4.01. The second-order valence-corrected chi connectivity index (χ2v) is 5.26. The molecule has 0 amide bonds. The largest absolute Gasteiger partial charge is 0.393 e. The lowest BCUT2D eigenvalue weighted by molar-refractivity contribution is 0.123. The topological polar surface area (TPSA) is 20.2 Å². The summed E-state index contributed by atoms with van der Waals surface area (Å²) in [4.78, 5) is 1.35. The second kappa shape index (κ2) is 5.13. The van der Waals surface area contributed by atoms with Crippen molar-refractivity contribution < 1.29 is 5.11 Å². The quantitative estimate of drug-likeness (QED) is 0.882. The fourth-order valence-corrected chi connectivity index (χ4v) is 2.92. The Balaban J connectivity index is 2.56. The Bertz CT molecular complexity index is 257. The van der Waals surface area contributed by atoms with E-state index in [1.807, 2.05) is 6.92 Å². The van der Waals surface area contributed by atoms with E-state index in [0.717, 1.165) is 17.3 Å². The van der Waals surface area contributed by atoms with Gasteiger partial charge in [-0.05, 0) is 41.3 Å². The smallest absolute Gasteiger partial charge is 0.0543 e. The highest BCUT2D eigenvalue weighted by Gasteiger charge is 2.14. The van der Waals surface area contributed by atoms with Crippen LogP contribution in [-0.4, -0.2) is 11.2 Å². The molecule has 0 bridgehead atoms. The molecule has 0 saturated heterocycles. The van der Waals surface area contributed by atoms with E-state index < -0.39 is 0 Å². The zero-order valence-electron chi connectivity index (χ0n) is 7.96. The normalized spacial score (nSPS) is 15.7. The Kier molecular flexibility index (Phi) is 4.42. The lowest BCUT2D eigenvalue weighted by Gasteiger charge is -2.16. The van der Waals surface area contributed by atoms with Crippen molar-refractivity contribution in [2.45, 2.75) is 32.8 Å². The summed E-state index contributed by atoms with van der Waals surface area (Å²) in [5, 5.41) is 11.6. The van der Waals surface area contributed by atoms with E-state index in [9.17, 15) is 5.11 Å². The van der Waals surface area contributed by atoms with Crippen LogP contribution in [-0.2, 0) is 6.42 Å². The van der Waals surface area contributed by atoms with Gasteiger partial charge in [-0.25, -0.2) is 0 Å². The molecule has 0 aromatic carbocycles. The zero-order chi connectivity index (χ0) is 9.84. The second-order valence-electron chi connectivity index (χ2n) is 3.34. The van der Waals surface area contributed by atoms with Crippen LogP contribution >= 0.6 is 27.3 Å². The summed E-state index contributed by atoms with van der Waals surface area (Å²) in [6.45, 7) is 4.00. The van der Waals surface area contributed by atoms with E-state index in [2.05, 4.69) is 34.3 Å². The van der Waals surface area contributed by atoms with Gasteiger partial charge in [-0.1, -0.05) is 13.3 Å². The van der Waals surface area contributed by atoms with Gasteiger partial charge in [0.15, 0.2) is 0 Å². The number of aliphatic hydroxyl groups is 1. The van der Waals surface area contributed by atoms with E-state index in [-0.39, 0.29) is 6.10 Å². The molecule has 1 heterocycles. The Morgan fingerprint density at radius 2 is 2.31 bits per heavy atom. The standard InChI is InChI=1S/C10H15BrOS/c1-3-8(7(2)12)4-10-5-9(11)6-13-10/h5-8,12H,3-4H2,1-2H3. The number of thiophene rings is 1. The van der Waals surface area contributed by atoms with E-state index in [1.165, 1.54) is 4.88 Å². The summed E-state index contributed by atoms with van der Waals surface area (Å²) in [5.41, 5.74) is 0. The summed E-state index contributed by atoms with van der Waals surface area (Å²) in [6, 6.07) is 2.13. The highest BCUT2D eigenvalue weighted by Crippen LogP contribution is 2.24. The fourth-order valence-electron chi connectivity index (χ4n) is 1.38. The molecule has 0 radical (unpaired) electrons. The molecule has 1 N–H and O–H groups in total. The molecule has 2 unspecified atom stereocenters. The van der Waals surface area contributed by atoms with Crippen molar-refractivity contribution in [2.75, 3.05) is 0 Å². The lowest BCUT2D eigenvalue weighted by atomic mass is 9.96. The maximum absolute atomic E-state index is 9.47. The van der Waals surface area contributed by atoms with Crippen molar-refractivity contribution in [1.29, 1.82) is 0 Å². The third kappa shape index (κ3) is 3.41. The Hall–Kier alpha value is 0.140. The van der Waals surface area contributed by atoms with Gasteiger partial charge < -0.3 is 5.11 Å². The monoisotopic (exact) mass is 262 g/mol. The number of rotatable bonds is 4. The molecule has 1 aromatic rings. The highest BCUT2D eigenvalue weighted by molar-refractivity contribution is 9.10. The van der Waals surface area contributed by atoms with Crippen molar-refractivity contribution in [1.82, 2.24) is 0 Å². The van der Waals surface area contributed by atoms with Crippen LogP contribution in [0.25, 0.3) is 0 Å². The molecule has 13 heavy (non-hydrogen) atoms. The van der Waals surface area contributed by atoms with Gasteiger partial charge in [0.25, 0.3) is 0 Å². The Morgan fingerprint density at radius 1 is 1.62 bits per heavy atom. The Labute approximate surface area is 91.9 Å². The first kappa shape index (κ1) is 11.2. The van der Waals surface area contributed by atoms with Crippen LogP contribution in [0.1, 0.15) is 25.1 Å². The summed E-state index contributed by atoms with van der Waals surface area (Å²) in [7, 11) is 0. The third-order valence-electron chi connectivity index (χ3n) is 2.29. The number of aliphatic hydroxyl groups excluding tert-OH is 1. The number of hydrogen-bond donors (Lipinski definition) is 1. The van der Waals surface area contributed by atoms with Crippen molar-refractivity contribution in [3.63, 3.8) is 0 Å². The molecule has 2 atom stereocenters. The van der Waals surface area contributed by atoms with Crippen molar-refractivity contribution in [2.24, 2.45) is 5.92 Å². The molecular weight excluding hydrogens is 248 g/mol. The fraction of sp³-hybridized carbons (Fsp3) is 0.600. The first-order chi connectivity index (χ1) is 6.13. The van der Waals surface area contributed by atoms with Crippen LogP contribution in [0, 0.1) is 5.92 Å². The van der Waals surface area contributed by atoms with Crippen LogP contribution in [0.2, 0.25) is 0 Å². The maximum atomic E-state index is 9.47. The van der Waals surface area contributed by atoms with Gasteiger partial charge in [-0.15, -0.1) is 11.3 Å². The van der Waals surface area contributed by atoms with Gasteiger partial charge in [-0.3, -0.25) is 0 Å². The molecule has 0 aliphatic carbocycles. The number of halogens is 1. The van der Waals surface area contributed by atoms with Gasteiger partial charge >= 0.3 is 0 Å². The van der Waals surface area contributed by atoms with Crippen LogP contribution in [0.4, 0.5) is 0 Å². The van der Waals surface area contributed by atoms with Crippen LogP contribution in [0.3, 0.4) is 0 Å². The predicted molar refractivity (Wildman–Crippen MR) is 61.2 cm³/mol. The molecule has 1 nitrogen and oxygen atoms in total. The molecule has 3 heteroatoms. The molecule has 1 aromatic heterocycles. The molecule has 0 spiro atoms. The molecule has 1 rings (SSSR count). The van der Waals surface area contributed by atoms with Crippen molar-refractivity contribution in [3.8, 4) is 0 Å². The first-order valence-corrected chi connectivity index (χ1v) is 6.21. The minimum atomic E-state index is -0.203. The van der Waals surface area contributed by atoms with Gasteiger partial charge in [0.2, 0.25) is 0 Å². The summed E-state index contributed by atoms with van der Waals surface area (Å²) in [5.74, 6) is 0.394. The molecule has 0 fully saturated rings. The van der Waals surface area contributed by atoms with E-state index in [4.69, 9.17) is 0 Å². The number of hydrogen-bond acceptors (Lipinski definition) is 2. The van der Waals surface area contributed by atoms with E-state index in [0.29, 0.717) is 5.92 Å². The van der Waals surface area contributed by atoms with Gasteiger partial charge in [0.1, 0.15) is 0 Å². The van der Waals surface area contributed by atoms with Crippen LogP contribution < -0.4 is 0 Å². The summed E-state index contributed by atoms with van der Waals surface area (Å²) < 4.78 is 1.15. The summed E-state index contributed by atoms with van der Waals surface area (Å²) in [6.07, 6.45) is 1.82. The van der Waals surface area contributed by atoms with Crippen LogP contribution in [0.5, 0.6) is 0 Å². The maximum Gasteiger partial charge on any atom is 0.0543 e. The van der Waals surface area contributed by atoms with Crippen molar-refractivity contribution >= 4 is 27.3 Å². The lowest BCUT2D eigenvalue weighted by Crippen LogP contribution is -2.17. The Morgan fingerprint density at radius 3 is 2.69 bits per heavy atom. The van der Waals surface area contributed by atoms with Gasteiger partial charge in [0, 0.05) is 14.7 Å². The minimum absolute atomic E-state index is 0.203. The zero-order valence-corrected chi connectivity index (χ0v) is 10.4. The van der Waals surface area contributed by atoms with Crippen LogP contribution in [0.15, 0.2) is 15.9 Å². The molecule has 0 aliphatic heterocycles. The molecule has 0 saturated carbocycles. The van der Waals surface area contributed by atoms with E-state index >= 15 is 0 Å². The van der Waals surface area contributed by atoms with Crippen molar-refractivity contribution in [3.05, 3.63) is 20.8 Å². The minimum Gasteiger partial charge on any atom is -0.393 e. The molecular formula is C10H15BrOS. The highest BCUT2D eigenvalue weighted by atomic mass is 79.9. The molecule has 0 aliphatic rings. The summed E-state index contributed by atoms with van der Waals surface area (Å²) >= 11 is 5.18. The molecule has 74 valence electrons. The average Bonchev–Trinajstić information content (AvgIpc) is 2.46. The average molecular weight is 263 g/mol. The first-order valence-electron chi connectivity index (χ1n) is 4.54. The van der Waals surface area contributed by atoms with Gasteiger partial charge in [-0.2, -0.15) is 0 Å². The van der Waals surface area contributed by atoms with Gasteiger partial charge in [0.05, 0.1) is 6.10 Å². The predicted octanol–water partition coefficient (Wildman–Crippen LogP) is 3.46. The SMILES string of the molecule is CCC(Cc1cc(Br)cs1)C(C)O.